The Hall–Kier alpha value is -6.01. The largest absolute Gasteiger partial charge is 0.465 e. The molecule has 4 N–H and O–H groups in total. The Bertz CT molecular complexity index is 2050. The lowest BCUT2D eigenvalue weighted by Crippen LogP contribution is -2.51. The Morgan fingerprint density at radius 1 is 0.922 bits per heavy atom. The van der Waals surface area contributed by atoms with Crippen molar-refractivity contribution in [3.63, 3.8) is 0 Å². The number of likely N-dealkylation sites (tertiary alicyclic amines) is 2. The molecule has 2 aliphatic rings. The lowest BCUT2D eigenvalue weighted by Gasteiger charge is -2.30. The van der Waals surface area contributed by atoms with E-state index in [1.54, 1.807) is 17.3 Å². The number of methoxy groups -OCH3 is 1. The number of aromatic amines is 2. The number of ether oxygens (including phenoxy) is 1. The van der Waals surface area contributed by atoms with E-state index in [1.807, 2.05) is 51.1 Å². The van der Waals surface area contributed by atoms with Crippen LogP contribution in [0.3, 0.4) is 0 Å². The molecule has 0 saturated carbocycles. The number of nitrogens with one attached hydrogen (secondary N) is 3. The molecular weight excluding hydrogens is 646 g/mol. The van der Waals surface area contributed by atoms with Crippen molar-refractivity contribution in [3.05, 3.63) is 83.3 Å². The van der Waals surface area contributed by atoms with Crippen LogP contribution in [0.2, 0.25) is 0 Å². The van der Waals surface area contributed by atoms with Crippen LogP contribution in [0, 0.1) is 36.5 Å². The first-order chi connectivity index (χ1) is 24.6. The quantitative estimate of drug-likeness (QED) is 0.173. The van der Waals surface area contributed by atoms with Crippen LogP contribution in [-0.2, 0) is 9.53 Å². The highest BCUT2D eigenvalue weighted by atomic mass is 16.5. The first-order valence-electron chi connectivity index (χ1n) is 17.1. The second-order valence-corrected chi connectivity index (χ2v) is 13.1. The predicted octanol–water partition coefficient (Wildman–Crippen LogP) is 6.04. The second-order valence-electron chi connectivity index (χ2n) is 13.1. The maximum absolute atomic E-state index is 13.6. The molecular formula is C39H41N7O5. The molecule has 2 aliphatic heterocycles. The summed E-state index contributed by atoms with van der Waals surface area (Å²) in [5.41, 5.74) is 6.07. The number of benzene rings is 2. The molecule has 2 aromatic heterocycles. The molecule has 6 rings (SSSR count). The van der Waals surface area contributed by atoms with Crippen molar-refractivity contribution < 1.29 is 24.2 Å². The number of rotatable bonds is 7. The number of hydrogen-bond donors (Lipinski definition) is 4. The van der Waals surface area contributed by atoms with Gasteiger partial charge in [0.25, 0.3) is 0 Å². The van der Waals surface area contributed by atoms with Gasteiger partial charge in [-0.25, -0.2) is 19.6 Å². The second kappa shape index (κ2) is 15.3. The minimum absolute atomic E-state index is 0.121. The van der Waals surface area contributed by atoms with Gasteiger partial charge in [-0.15, -0.1) is 0 Å². The van der Waals surface area contributed by atoms with Gasteiger partial charge in [0.05, 0.1) is 37.3 Å². The summed E-state index contributed by atoms with van der Waals surface area (Å²) < 4.78 is 4.76. The summed E-state index contributed by atoms with van der Waals surface area (Å²) in [5, 5.41) is 12.2. The van der Waals surface area contributed by atoms with Crippen LogP contribution >= 0.6 is 0 Å². The minimum Gasteiger partial charge on any atom is -0.465 e. The number of nitrogens with zero attached hydrogens (tertiary/aromatic N) is 4. The number of aromatic nitrogens is 4. The Balaban J connectivity index is 1.25. The highest BCUT2D eigenvalue weighted by molar-refractivity contribution is 5.86. The number of aryl methyl sites for hydroxylation is 1. The molecule has 3 amide bonds. The number of amides is 3. The molecule has 4 heterocycles. The van der Waals surface area contributed by atoms with Gasteiger partial charge in [-0.3, -0.25) is 9.69 Å². The van der Waals surface area contributed by atoms with Crippen molar-refractivity contribution in [3.8, 4) is 46.1 Å². The maximum Gasteiger partial charge on any atom is 0.407 e. The zero-order chi connectivity index (χ0) is 36.1. The fraction of sp³-hybridized carbons (Fsp3) is 0.359. The number of carboxylic acid groups (broad SMARTS) is 1. The van der Waals surface area contributed by atoms with Crippen molar-refractivity contribution in [1.29, 1.82) is 0 Å². The predicted molar refractivity (Wildman–Crippen MR) is 191 cm³/mol. The van der Waals surface area contributed by atoms with Gasteiger partial charge in [-0.05, 0) is 85.1 Å². The minimum atomic E-state index is -0.949. The van der Waals surface area contributed by atoms with E-state index in [0.29, 0.717) is 30.4 Å². The van der Waals surface area contributed by atoms with E-state index in [2.05, 4.69) is 56.1 Å². The zero-order valence-electron chi connectivity index (χ0n) is 29.1. The molecule has 3 atom stereocenters. The number of imidazole rings is 2. The Labute approximate surface area is 297 Å². The molecule has 12 nitrogen and oxygen atoms in total. The third kappa shape index (κ3) is 7.60. The van der Waals surface area contributed by atoms with E-state index in [0.717, 1.165) is 59.2 Å². The van der Waals surface area contributed by atoms with Gasteiger partial charge < -0.3 is 30.0 Å². The van der Waals surface area contributed by atoms with Gasteiger partial charge in [0, 0.05) is 24.2 Å². The molecule has 51 heavy (non-hydrogen) atoms. The zero-order valence-corrected chi connectivity index (χ0v) is 29.1. The third-order valence-corrected chi connectivity index (χ3v) is 9.43. The number of carbonyl (C=O) groups is 3. The molecule has 0 bridgehead atoms. The lowest BCUT2D eigenvalue weighted by atomic mass is 9.93. The van der Waals surface area contributed by atoms with Crippen molar-refractivity contribution >= 4 is 18.1 Å². The first kappa shape index (κ1) is 34.8. The number of H-pyrrole nitrogens is 2. The molecule has 0 aliphatic carbocycles. The fourth-order valence-electron chi connectivity index (χ4n) is 6.84. The van der Waals surface area contributed by atoms with E-state index >= 15 is 0 Å². The van der Waals surface area contributed by atoms with Crippen LogP contribution in [0.5, 0.6) is 0 Å². The average molecular weight is 688 g/mol. The highest BCUT2D eigenvalue weighted by Crippen LogP contribution is 2.35. The van der Waals surface area contributed by atoms with E-state index in [1.165, 1.54) is 12.0 Å². The molecule has 12 heteroatoms. The van der Waals surface area contributed by atoms with Crippen LogP contribution in [0.1, 0.15) is 80.1 Å². The summed E-state index contributed by atoms with van der Waals surface area (Å²) in [6.45, 7) is 6.87. The van der Waals surface area contributed by atoms with Gasteiger partial charge in [0.1, 0.15) is 23.4 Å². The van der Waals surface area contributed by atoms with E-state index in [-0.39, 0.29) is 23.9 Å². The summed E-state index contributed by atoms with van der Waals surface area (Å²) in [4.78, 5) is 56.1. The lowest BCUT2D eigenvalue weighted by molar-refractivity contribution is -0.135. The monoisotopic (exact) mass is 687 g/mol. The summed E-state index contributed by atoms with van der Waals surface area (Å²) in [7, 11) is 1.28. The van der Waals surface area contributed by atoms with Crippen molar-refractivity contribution in [2.75, 3.05) is 20.2 Å². The summed E-state index contributed by atoms with van der Waals surface area (Å²) in [6, 6.07) is 12.9. The normalized spacial score (nSPS) is 17.4. The Kier molecular flexibility index (Phi) is 10.4. The van der Waals surface area contributed by atoms with Crippen LogP contribution < -0.4 is 5.32 Å². The highest BCUT2D eigenvalue weighted by Gasteiger charge is 2.37. The molecule has 2 aromatic carbocycles. The van der Waals surface area contributed by atoms with E-state index in [9.17, 15) is 19.5 Å². The van der Waals surface area contributed by atoms with E-state index in [4.69, 9.17) is 9.72 Å². The van der Waals surface area contributed by atoms with Crippen LogP contribution in [0.25, 0.3) is 22.4 Å². The molecule has 4 aromatic rings. The first-order valence-corrected chi connectivity index (χ1v) is 17.1. The van der Waals surface area contributed by atoms with Gasteiger partial charge in [-0.1, -0.05) is 50.1 Å². The van der Waals surface area contributed by atoms with Crippen molar-refractivity contribution in [2.24, 2.45) is 5.92 Å². The maximum atomic E-state index is 13.6. The van der Waals surface area contributed by atoms with Crippen LogP contribution in [-0.4, -0.2) is 79.2 Å². The smallest absolute Gasteiger partial charge is 0.407 e. The van der Waals surface area contributed by atoms with Crippen LogP contribution in [0.15, 0.2) is 54.9 Å². The topological polar surface area (TPSA) is 157 Å². The van der Waals surface area contributed by atoms with Gasteiger partial charge in [0.15, 0.2) is 0 Å². The van der Waals surface area contributed by atoms with Gasteiger partial charge >= 0.3 is 12.2 Å². The SMILES string of the molecule is COC(=O)NC(C(=O)N1CCCC1c1ncc(-c2cc(C)c(C#CC#Cc3cnc(C4CCCN4C(=O)O)[nH]3)c(-c3ccccc3)c2)[nH]1)C(C)C. The van der Waals surface area contributed by atoms with Crippen LogP contribution in [0.4, 0.5) is 9.59 Å². The van der Waals surface area contributed by atoms with Gasteiger partial charge in [-0.2, -0.15) is 0 Å². The number of alkyl carbamates (subject to hydrolysis) is 1. The standard InChI is InChI=1S/C39H41N7O5/c1-24(2)34(44-38(48)51-4)37(47)45-18-10-16-32(45)36-41-23-31(43-36)27-20-25(3)29(30(21-27)26-12-6-5-7-13-26)15-9-8-14-28-22-40-35(42-28)33-17-11-19-46(33)39(49)50/h5-7,12-13,20-24,32-34H,10-11,16-19H2,1-4H3,(H,40,42)(H,41,43)(H,44,48)(H,49,50). The molecule has 262 valence electrons. The molecule has 2 fully saturated rings. The number of hydrogen-bond acceptors (Lipinski definition) is 6. The van der Waals surface area contributed by atoms with Gasteiger partial charge in [0.2, 0.25) is 5.91 Å². The summed E-state index contributed by atoms with van der Waals surface area (Å²) in [6.07, 6.45) is 4.92. The average Bonchev–Trinajstić information content (AvgIpc) is 3.96. The molecule has 0 spiro atoms. The Morgan fingerprint density at radius 3 is 2.29 bits per heavy atom. The third-order valence-electron chi connectivity index (χ3n) is 9.43. The molecule has 0 radical (unpaired) electrons. The molecule has 2 saturated heterocycles. The summed E-state index contributed by atoms with van der Waals surface area (Å²) >= 11 is 0. The number of carbonyl (C=O) groups excluding carboxylic acids is 2. The van der Waals surface area contributed by atoms with Crippen molar-refractivity contribution in [2.45, 2.75) is 64.6 Å². The Morgan fingerprint density at radius 2 is 1.59 bits per heavy atom. The summed E-state index contributed by atoms with van der Waals surface area (Å²) in [5.74, 6) is 13.2. The fourth-order valence-corrected chi connectivity index (χ4v) is 6.84. The van der Waals surface area contributed by atoms with Crippen molar-refractivity contribution in [1.82, 2.24) is 35.1 Å². The molecule has 3 unspecified atom stereocenters. The van der Waals surface area contributed by atoms with E-state index < -0.39 is 18.2 Å².